The van der Waals surface area contributed by atoms with Crippen molar-refractivity contribution < 1.29 is 15.3 Å². The van der Waals surface area contributed by atoms with Gasteiger partial charge in [0.15, 0.2) is 0 Å². The minimum atomic E-state index is -2.77. The number of nitrogens with one attached hydrogen (secondary N) is 2. The quantitative estimate of drug-likeness (QED) is 0.261. The van der Waals surface area contributed by atoms with Crippen LogP contribution in [0.2, 0.25) is 0 Å². The summed E-state index contributed by atoms with van der Waals surface area (Å²) in [6, 6.07) is 0. The highest BCUT2D eigenvalue weighted by Gasteiger charge is 2.30. The molecule has 5 N–H and O–H groups in total. The van der Waals surface area contributed by atoms with Crippen LogP contribution in [-0.4, -0.2) is 39.5 Å². The third-order valence-electron chi connectivity index (χ3n) is 1.26. The van der Waals surface area contributed by atoms with Gasteiger partial charge in [0.05, 0.1) is 0 Å². The van der Waals surface area contributed by atoms with Crippen LogP contribution < -0.4 is 11.0 Å². The molecular formula is C4H11N3O3. The summed E-state index contributed by atoms with van der Waals surface area (Å²) in [6.07, 6.45) is -2.02. The monoisotopic (exact) mass is 149 g/mol. The van der Waals surface area contributed by atoms with Gasteiger partial charge in [-0.1, -0.05) is 0 Å². The van der Waals surface area contributed by atoms with Crippen LogP contribution >= 0.6 is 0 Å². The van der Waals surface area contributed by atoms with Gasteiger partial charge in [0.25, 0.3) is 0 Å². The maximum absolute atomic E-state index is 8.58. The van der Waals surface area contributed by atoms with E-state index in [0.717, 1.165) is 18.0 Å². The molecule has 0 saturated carbocycles. The minimum absolute atomic E-state index is 0.385. The van der Waals surface area contributed by atoms with E-state index in [0.29, 0.717) is 6.54 Å². The standard InChI is InChI=1S/C4H11N3O3/c8-4(9,10)7-3-1-2-5-6-7/h5-6,8-10H,1-3H2. The molecule has 1 fully saturated rings. The van der Waals surface area contributed by atoms with Gasteiger partial charge in [-0.2, -0.15) is 10.5 Å². The lowest BCUT2D eigenvalue weighted by atomic mass is 10.4. The number of hydrogen-bond donors (Lipinski definition) is 5. The molecule has 1 rings (SSSR count). The van der Waals surface area contributed by atoms with Crippen molar-refractivity contribution in [3.63, 3.8) is 0 Å². The van der Waals surface area contributed by atoms with E-state index in [4.69, 9.17) is 15.3 Å². The molecule has 0 atom stereocenters. The van der Waals surface area contributed by atoms with Gasteiger partial charge in [-0.25, -0.2) is 5.43 Å². The molecule has 0 aromatic heterocycles. The van der Waals surface area contributed by atoms with Gasteiger partial charge < -0.3 is 15.3 Å². The molecule has 0 aromatic rings. The zero-order valence-electron chi connectivity index (χ0n) is 5.41. The van der Waals surface area contributed by atoms with Crippen molar-refractivity contribution in [2.75, 3.05) is 13.1 Å². The average molecular weight is 149 g/mol. The second-order valence-electron chi connectivity index (χ2n) is 2.14. The summed E-state index contributed by atoms with van der Waals surface area (Å²) in [5.74, 6) is 0. The van der Waals surface area contributed by atoms with Crippen LogP contribution in [-0.2, 0) is 0 Å². The molecule has 10 heavy (non-hydrogen) atoms. The predicted molar refractivity (Wildman–Crippen MR) is 31.8 cm³/mol. The Morgan fingerprint density at radius 2 is 2.00 bits per heavy atom. The lowest BCUT2D eigenvalue weighted by Gasteiger charge is -2.33. The van der Waals surface area contributed by atoms with Crippen LogP contribution in [0.1, 0.15) is 6.42 Å². The van der Waals surface area contributed by atoms with E-state index in [1.54, 1.807) is 0 Å². The smallest absolute Gasteiger partial charge is 0.329 e. The Hall–Kier alpha value is -0.240. The fraction of sp³-hybridized carbons (Fsp3) is 1.00. The Balaban J connectivity index is 2.39. The molecule has 6 nitrogen and oxygen atoms in total. The summed E-state index contributed by atoms with van der Waals surface area (Å²) in [6.45, 7) is 1.13. The number of hydrazine groups is 2. The third-order valence-corrected chi connectivity index (χ3v) is 1.26. The Bertz CT molecular complexity index is 107. The fourth-order valence-corrected chi connectivity index (χ4v) is 0.758. The van der Waals surface area contributed by atoms with Gasteiger partial charge >= 0.3 is 6.10 Å². The molecule has 1 saturated heterocycles. The molecule has 0 radical (unpaired) electrons. The Labute approximate surface area is 58.0 Å². The summed E-state index contributed by atoms with van der Waals surface area (Å²) in [4.78, 5) is 0. The second kappa shape index (κ2) is 2.79. The number of hydrogen-bond acceptors (Lipinski definition) is 6. The lowest BCUT2D eigenvalue weighted by Crippen LogP contribution is -2.63. The topological polar surface area (TPSA) is 88.0 Å². The van der Waals surface area contributed by atoms with Crippen LogP contribution in [0.4, 0.5) is 0 Å². The molecule has 0 aromatic carbocycles. The van der Waals surface area contributed by atoms with Crippen molar-refractivity contribution in [2.45, 2.75) is 12.5 Å². The number of aliphatic hydroxyl groups is 3. The molecule has 0 aliphatic carbocycles. The van der Waals surface area contributed by atoms with Crippen LogP contribution in [0.25, 0.3) is 0 Å². The largest absolute Gasteiger partial charge is 0.360 e. The van der Waals surface area contributed by atoms with Crippen LogP contribution in [0, 0.1) is 0 Å². The van der Waals surface area contributed by atoms with Gasteiger partial charge in [0.1, 0.15) is 0 Å². The van der Waals surface area contributed by atoms with Crippen molar-refractivity contribution in [1.29, 1.82) is 0 Å². The van der Waals surface area contributed by atoms with Gasteiger partial charge in [-0.05, 0) is 6.42 Å². The molecule has 0 unspecified atom stereocenters. The van der Waals surface area contributed by atoms with Crippen molar-refractivity contribution in [3.8, 4) is 0 Å². The highest BCUT2D eigenvalue weighted by atomic mass is 16.7. The maximum Gasteiger partial charge on any atom is 0.360 e. The Morgan fingerprint density at radius 1 is 1.30 bits per heavy atom. The first-order chi connectivity index (χ1) is 4.61. The van der Waals surface area contributed by atoms with Crippen LogP contribution in [0.15, 0.2) is 0 Å². The maximum atomic E-state index is 8.58. The average Bonchev–Trinajstić information content (AvgIpc) is 1.88. The first-order valence-electron chi connectivity index (χ1n) is 3.04. The van der Waals surface area contributed by atoms with E-state index in [1.165, 1.54) is 0 Å². The molecule has 1 aliphatic heterocycles. The van der Waals surface area contributed by atoms with Crippen LogP contribution in [0.5, 0.6) is 0 Å². The SMILES string of the molecule is OC(O)(O)N1CCCNN1. The first kappa shape index (κ1) is 7.86. The van der Waals surface area contributed by atoms with Gasteiger partial charge in [-0.15, -0.1) is 0 Å². The second-order valence-corrected chi connectivity index (χ2v) is 2.14. The van der Waals surface area contributed by atoms with E-state index in [2.05, 4.69) is 11.0 Å². The van der Waals surface area contributed by atoms with E-state index in [1.807, 2.05) is 0 Å². The fourth-order valence-electron chi connectivity index (χ4n) is 0.758. The van der Waals surface area contributed by atoms with E-state index in [-0.39, 0.29) is 0 Å². The first-order valence-corrected chi connectivity index (χ1v) is 3.04. The summed E-state index contributed by atoms with van der Waals surface area (Å²) in [5.41, 5.74) is 5.03. The van der Waals surface area contributed by atoms with Crippen molar-refractivity contribution in [3.05, 3.63) is 0 Å². The highest BCUT2D eigenvalue weighted by Crippen LogP contribution is 2.02. The molecule has 0 bridgehead atoms. The molecule has 0 spiro atoms. The van der Waals surface area contributed by atoms with E-state index in [9.17, 15) is 0 Å². The summed E-state index contributed by atoms with van der Waals surface area (Å²) < 4.78 is 0. The summed E-state index contributed by atoms with van der Waals surface area (Å²) in [7, 11) is 0. The van der Waals surface area contributed by atoms with Crippen molar-refractivity contribution in [1.82, 2.24) is 16.0 Å². The van der Waals surface area contributed by atoms with E-state index < -0.39 is 6.10 Å². The van der Waals surface area contributed by atoms with Gasteiger partial charge in [0.2, 0.25) is 0 Å². The lowest BCUT2D eigenvalue weighted by molar-refractivity contribution is -0.409. The minimum Gasteiger partial charge on any atom is -0.329 e. The highest BCUT2D eigenvalue weighted by molar-refractivity contribution is 4.57. The van der Waals surface area contributed by atoms with Crippen molar-refractivity contribution >= 4 is 0 Å². The number of rotatable bonds is 1. The zero-order valence-corrected chi connectivity index (χ0v) is 5.41. The van der Waals surface area contributed by atoms with Crippen molar-refractivity contribution in [2.24, 2.45) is 0 Å². The molecule has 0 amide bonds. The zero-order chi connectivity index (χ0) is 7.61. The Morgan fingerprint density at radius 3 is 2.30 bits per heavy atom. The summed E-state index contributed by atoms with van der Waals surface area (Å²) >= 11 is 0. The molecular weight excluding hydrogens is 138 g/mol. The molecule has 60 valence electrons. The normalized spacial score (nSPS) is 23.1. The third kappa shape index (κ3) is 1.87. The Kier molecular flexibility index (Phi) is 2.19. The van der Waals surface area contributed by atoms with Gasteiger partial charge in [-0.3, -0.25) is 0 Å². The predicted octanol–water partition coefficient (Wildman–Crippen LogP) is -2.71. The molecule has 6 heteroatoms. The van der Waals surface area contributed by atoms with Gasteiger partial charge in [0, 0.05) is 13.1 Å². The summed E-state index contributed by atoms with van der Waals surface area (Å²) in [5, 5.41) is 26.6. The van der Waals surface area contributed by atoms with Crippen LogP contribution in [0.3, 0.4) is 0 Å². The number of nitrogens with zero attached hydrogens (tertiary/aromatic N) is 1. The van der Waals surface area contributed by atoms with E-state index >= 15 is 0 Å². The molecule has 1 aliphatic rings. The molecule has 1 heterocycles.